The molecular formula is C23H23FN2O5. The predicted molar refractivity (Wildman–Crippen MR) is 108 cm³/mol. The van der Waals surface area contributed by atoms with Crippen molar-refractivity contribution in [3.8, 4) is 11.5 Å². The van der Waals surface area contributed by atoms with Gasteiger partial charge >= 0.3 is 0 Å². The van der Waals surface area contributed by atoms with Gasteiger partial charge in [-0.3, -0.25) is 9.59 Å². The maximum absolute atomic E-state index is 13.1. The molecule has 5 rings (SSSR count). The van der Waals surface area contributed by atoms with Crippen molar-refractivity contribution < 1.29 is 28.2 Å². The number of carbonyl (C=O) groups is 2. The Morgan fingerprint density at radius 2 is 1.55 bits per heavy atom. The number of benzene rings is 2. The molecule has 7 nitrogen and oxygen atoms in total. The number of halogens is 1. The zero-order valence-electron chi connectivity index (χ0n) is 16.8. The standard InChI is InChI=1S/C23H23FN2O5/c24-14-7-9-15(10-8-14)31-19-4-2-1-3-16(19)23(28)26-18-12-30-20-17(11-29-21(18)20)25-22(27)13-5-6-13/h1-4,7-10,13,17-18,20-21H,5-6,11-12H2,(H,25,27)(H,26,28). The smallest absolute Gasteiger partial charge is 0.255 e. The predicted octanol–water partition coefficient (Wildman–Crippen LogP) is 2.41. The van der Waals surface area contributed by atoms with E-state index in [1.807, 2.05) is 0 Å². The van der Waals surface area contributed by atoms with Crippen molar-refractivity contribution in [3.05, 3.63) is 59.9 Å². The summed E-state index contributed by atoms with van der Waals surface area (Å²) in [6.07, 6.45) is 1.27. The Balaban J connectivity index is 1.24. The summed E-state index contributed by atoms with van der Waals surface area (Å²) in [7, 11) is 0. The maximum atomic E-state index is 13.1. The van der Waals surface area contributed by atoms with E-state index in [2.05, 4.69) is 10.6 Å². The highest BCUT2D eigenvalue weighted by molar-refractivity contribution is 5.97. The van der Waals surface area contributed by atoms with Crippen molar-refractivity contribution in [2.45, 2.75) is 37.1 Å². The lowest BCUT2D eigenvalue weighted by Gasteiger charge is -2.19. The fourth-order valence-electron chi connectivity index (χ4n) is 4.01. The van der Waals surface area contributed by atoms with E-state index in [-0.39, 0.29) is 47.8 Å². The third kappa shape index (κ3) is 4.26. The Labute approximate surface area is 178 Å². The van der Waals surface area contributed by atoms with Crippen molar-refractivity contribution in [1.29, 1.82) is 0 Å². The van der Waals surface area contributed by atoms with Gasteiger partial charge in [-0.1, -0.05) is 12.1 Å². The van der Waals surface area contributed by atoms with Crippen LogP contribution in [0, 0.1) is 11.7 Å². The summed E-state index contributed by atoms with van der Waals surface area (Å²) in [5.41, 5.74) is 0.354. The van der Waals surface area contributed by atoms with Gasteiger partial charge in [0.25, 0.3) is 5.91 Å². The van der Waals surface area contributed by atoms with Crippen LogP contribution >= 0.6 is 0 Å². The Morgan fingerprint density at radius 3 is 2.23 bits per heavy atom. The molecule has 2 N–H and O–H groups in total. The number of carbonyl (C=O) groups excluding carboxylic acids is 2. The first kappa shape index (κ1) is 20.0. The minimum atomic E-state index is -0.364. The van der Waals surface area contributed by atoms with Crippen LogP contribution in [0.1, 0.15) is 23.2 Å². The van der Waals surface area contributed by atoms with Crippen LogP contribution in [0.3, 0.4) is 0 Å². The highest BCUT2D eigenvalue weighted by Crippen LogP contribution is 2.32. The average Bonchev–Trinajstić information content (AvgIpc) is 3.45. The van der Waals surface area contributed by atoms with Crippen LogP contribution in [-0.2, 0) is 14.3 Å². The molecular weight excluding hydrogens is 403 g/mol. The summed E-state index contributed by atoms with van der Waals surface area (Å²) in [5, 5.41) is 5.98. The molecule has 4 unspecified atom stereocenters. The second-order valence-corrected chi connectivity index (χ2v) is 8.12. The second-order valence-electron chi connectivity index (χ2n) is 8.12. The molecule has 0 aromatic heterocycles. The van der Waals surface area contributed by atoms with E-state index >= 15 is 0 Å². The summed E-state index contributed by atoms with van der Waals surface area (Å²) in [5.74, 6) is 0.285. The topological polar surface area (TPSA) is 85.9 Å². The van der Waals surface area contributed by atoms with Crippen LogP contribution in [0.4, 0.5) is 4.39 Å². The molecule has 2 aromatic rings. The molecule has 0 spiro atoms. The summed E-state index contributed by atoms with van der Waals surface area (Å²) in [4.78, 5) is 25.1. The van der Waals surface area contributed by atoms with Gasteiger partial charge in [-0.2, -0.15) is 0 Å². The number of hydrogen-bond donors (Lipinski definition) is 2. The lowest BCUT2D eigenvalue weighted by molar-refractivity contribution is -0.123. The van der Waals surface area contributed by atoms with Crippen LogP contribution in [0.2, 0.25) is 0 Å². The van der Waals surface area contributed by atoms with Gasteiger partial charge in [0, 0.05) is 5.92 Å². The lowest BCUT2D eigenvalue weighted by Crippen LogP contribution is -2.47. The molecule has 2 saturated heterocycles. The van der Waals surface area contributed by atoms with Gasteiger partial charge in [0.2, 0.25) is 5.91 Å². The first-order valence-electron chi connectivity index (χ1n) is 10.5. The molecule has 31 heavy (non-hydrogen) atoms. The summed E-state index contributed by atoms with van der Waals surface area (Å²) < 4.78 is 30.6. The highest BCUT2D eigenvalue weighted by Gasteiger charge is 2.49. The SMILES string of the molecule is O=C(NC1COC2C(NC(=O)C3CC3)COC12)c1ccccc1Oc1ccc(F)cc1. The molecule has 0 bridgehead atoms. The molecule has 2 heterocycles. The third-order valence-electron chi connectivity index (χ3n) is 5.82. The molecule has 162 valence electrons. The quantitative estimate of drug-likeness (QED) is 0.741. The monoisotopic (exact) mass is 426 g/mol. The molecule has 2 aromatic carbocycles. The normalized spacial score (nSPS) is 26.9. The second kappa shape index (κ2) is 8.28. The lowest BCUT2D eigenvalue weighted by atomic mass is 10.1. The number of ether oxygens (including phenoxy) is 3. The zero-order chi connectivity index (χ0) is 21.4. The van der Waals surface area contributed by atoms with E-state index in [0.717, 1.165) is 12.8 Å². The fraction of sp³-hybridized carbons (Fsp3) is 0.391. The number of para-hydroxylation sites is 1. The van der Waals surface area contributed by atoms with E-state index < -0.39 is 0 Å². The molecule has 1 aliphatic carbocycles. The number of rotatable bonds is 6. The summed E-state index contributed by atoms with van der Waals surface area (Å²) >= 11 is 0. The van der Waals surface area contributed by atoms with Crippen molar-refractivity contribution in [1.82, 2.24) is 10.6 Å². The van der Waals surface area contributed by atoms with Crippen LogP contribution in [-0.4, -0.2) is 49.3 Å². The Morgan fingerprint density at radius 1 is 0.903 bits per heavy atom. The van der Waals surface area contributed by atoms with Gasteiger partial charge in [-0.05, 0) is 49.2 Å². The van der Waals surface area contributed by atoms with Crippen molar-refractivity contribution in [2.24, 2.45) is 5.92 Å². The van der Waals surface area contributed by atoms with Gasteiger partial charge in [-0.25, -0.2) is 4.39 Å². The molecule has 2 amide bonds. The molecule has 3 aliphatic rings. The van der Waals surface area contributed by atoms with Gasteiger partial charge in [-0.15, -0.1) is 0 Å². The molecule has 8 heteroatoms. The van der Waals surface area contributed by atoms with E-state index in [9.17, 15) is 14.0 Å². The third-order valence-corrected chi connectivity index (χ3v) is 5.82. The van der Waals surface area contributed by atoms with E-state index in [0.29, 0.717) is 30.3 Å². The van der Waals surface area contributed by atoms with Crippen molar-refractivity contribution in [2.75, 3.05) is 13.2 Å². The number of amides is 2. The minimum absolute atomic E-state index is 0.0530. The Bertz CT molecular complexity index is 978. The molecule has 2 aliphatic heterocycles. The number of hydrogen-bond acceptors (Lipinski definition) is 5. The number of fused-ring (bicyclic) bond motifs is 1. The summed E-state index contributed by atoms with van der Waals surface area (Å²) in [6, 6.07) is 11.9. The molecule has 3 fully saturated rings. The van der Waals surface area contributed by atoms with Gasteiger partial charge in [0.05, 0.1) is 30.9 Å². The Hall–Kier alpha value is -2.97. The van der Waals surface area contributed by atoms with Gasteiger partial charge < -0.3 is 24.8 Å². The van der Waals surface area contributed by atoms with Crippen LogP contribution < -0.4 is 15.4 Å². The van der Waals surface area contributed by atoms with Gasteiger partial charge in [0.15, 0.2) is 0 Å². The first-order chi connectivity index (χ1) is 15.1. The largest absolute Gasteiger partial charge is 0.457 e. The Kier molecular flexibility index (Phi) is 5.33. The van der Waals surface area contributed by atoms with Crippen LogP contribution in [0.15, 0.2) is 48.5 Å². The number of nitrogens with one attached hydrogen (secondary N) is 2. The van der Waals surface area contributed by atoms with E-state index in [1.165, 1.54) is 24.3 Å². The minimum Gasteiger partial charge on any atom is -0.457 e. The van der Waals surface area contributed by atoms with E-state index in [4.69, 9.17) is 14.2 Å². The first-order valence-corrected chi connectivity index (χ1v) is 10.5. The highest BCUT2D eigenvalue weighted by atomic mass is 19.1. The molecule has 4 atom stereocenters. The zero-order valence-corrected chi connectivity index (χ0v) is 16.8. The fourth-order valence-corrected chi connectivity index (χ4v) is 4.01. The van der Waals surface area contributed by atoms with Crippen molar-refractivity contribution in [3.63, 3.8) is 0 Å². The van der Waals surface area contributed by atoms with Gasteiger partial charge in [0.1, 0.15) is 29.5 Å². The maximum Gasteiger partial charge on any atom is 0.255 e. The summed E-state index contributed by atoms with van der Waals surface area (Å²) in [6.45, 7) is 0.669. The average molecular weight is 426 g/mol. The van der Waals surface area contributed by atoms with Crippen molar-refractivity contribution >= 4 is 11.8 Å². The van der Waals surface area contributed by atoms with Crippen LogP contribution in [0.5, 0.6) is 11.5 Å². The molecule has 1 saturated carbocycles. The van der Waals surface area contributed by atoms with E-state index in [1.54, 1.807) is 24.3 Å². The molecule has 0 radical (unpaired) electrons. The van der Waals surface area contributed by atoms with Crippen LogP contribution in [0.25, 0.3) is 0 Å².